The van der Waals surface area contributed by atoms with Crippen LogP contribution in [-0.2, 0) is 11.2 Å². The van der Waals surface area contributed by atoms with E-state index in [9.17, 15) is 9.59 Å². The second-order valence-electron chi connectivity index (χ2n) is 8.27. The monoisotopic (exact) mass is 351 g/mol. The number of aryl methyl sites for hydroxylation is 1. The fraction of sp³-hybridized carbons (Fsp3) is 0.476. The first kappa shape index (κ1) is 17.0. The minimum atomic E-state index is -0.158. The summed E-state index contributed by atoms with van der Waals surface area (Å²) >= 11 is 0. The number of hydrogen-bond donors (Lipinski definition) is 2. The summed E-state index contributed by atoms with van der Waals surface area (Å²) in [5, 5.41) is 3.70. The highest BCUT2D eigenvalue weighted by Gasteiger charge is 2.54. The maximum absolute atomic E-state index is 12.4. The third kappa shape index (κ3) is 2.75. The smallest absolute Gasteiger partial charge is 0.258 e. The molecule has 1 aromatic heterocycles. The Balaban J connectivity index is 1.38. The van der Waals surface area contributed by atoms with Crippen LogP contribution < -0.4 is 10.9 Å². The summed E-state index contributed by atoms with van der Waals surface area (Å²) in [7, 11) is 0. The SMILES string of the molecule is C=C1C(NC(=O)CCc2nc3ccccc3c(=O)[nH]2)C[C@H]2C[C@@H]1C2(C)C. The number of para-hydroxylation sites is 1. The third-order valence-corrected chi connectivity index (χ3v) is 6.47. The van der Waals surface area contributed by atoms with Crippen molar-refractivity contribution >= 4 is 16.8 Å². The van der Waals surface area contributed by atoms with Crippen molar-refractivity contribution in [1.29, 1.82) is 0 Å². The van der Waals surface area contributed by atoms with Gasteiger partial charge in [-0.15, -0.1) is 0 Å². The molecule has 0 spiro atoms. The fourth-order valence-corrected chi connectivity index (χ4v) is 4.63. The molecule has 2 N–H and O–H groups in total. The molecular formula is C21H25N3O2. The Hall–Kier alpha value is -2.43. The summed E-state index contributed by atoms with van der Waals surface area (Å²) in [6, 6.07) is 7.32. The van der Waals surface area contributed by atoms with Gasteiger partial charge in [0.2, 0.25) is 5.91 Å². The molecule has 1 amide bonds. The molecule has 2 aromatic rings. The summed E-state index contributed by atoms with van der Waals surface area (Å²) in [4.78, 5) is 31.7. The van der Waals surface area contributed by atoms with Crippen LogP contribution in [0.5, 0.6) is 0 Å². The minimum absolute atomic E-state index is 0.00827. The summed E-state index contributed by atoms with van der Waals surface area (Å²) in [5.41, 5.74) is 2.00. The molecule has 5 heteroatoms. The summed E-state index contributed by atoms with van der Waals surface area (Å²) in [6.45, 7) is 8.86. The van der Waals surface area contributed by atoms with Gasteiger partial charge in [-0.3, -0.25) is 9.59 Å². The van der Waals surface area contributed by atoms with Crippen LogP contribution in [0.2, 0.25) is 0 Å². The van der Waals surface area contributed by atoms with Crippen LogP contribution in [0.15, 0.2) is 41.2 Å². The second-order valence-corrected chi connectivity index (χ2v) is 8.27. The molecule has 5 nitrogen and oxygen atoms in total. The Morgan fingerprint density at radius 1 is 1.35 bits per heavy atom. The van der Waals surface area contributed by atoms with Crippen LogP contribution in [0.1, 0.15) is 38.9 Å². The standard InChI is InChI=1S/C21H25N3O2/c1-12-15-10-13(21(15,2)3)11-17(12)23-19(25)9-8-18-22-16-7-5-4-6-14(16)20(26)24-18/h4-7,13,15,17H,1,8-11H2,2-3H3,(H,23,25)(H,22,24,26)/t13-,15+,17?/m1/s1. The van der Waals surface area contributed by atoms with Crippen LogP contribution in [-0.4, -0.2) is 21.9 Å². The number of carbonyl (C=O) groups is 1. The number of amides is 1. The predicted octanol–water partition coefficient (Wildman–Crippen LogP) is 2.96. The molecule has 1 aromatic carbocycles. The number of benzene rings is 1. The lowest BCUT2D eigenvalue weighted by atomic mass is 9.46. The molecule has 3 atom stereocenters. The van der Waals surface area contributed by atoms with Crippen LogP contribution >= 0.6 is 0 Å². The summed E-state index contributed by atoms with van der Waals surface area (Å²) < 4.78 is 0. The first-order chi connectivity index (χ1) is 12.4. The van der Waals surface area contributed by atoms with Gasteiger partial charge in [0.25, 0.3) is 5.56 Å². The van der Waals surface area contributed by atoms with Gasteiger partial charge in [0, 0.05) is 12.8 Å². The Kier molecular flexibility index (Phi) is 3.98. The number of H-pyrrole nitrogens is 1. The van der Waals surface area contributed by atoms with Crippen molar-refractivity contribution < 1.29 is 4.79 Å². The van der Waals surface area contributed by atoms with Gasteiger partial charge in [0.1, 0.15) is 5.82 Å². The van der Waals surface area contributed by atoms with Crippen molar-refractivity contribution in [3.8, 4) is 0 Å². The van der Waals surface area contributed by atoms with E-state index in [4.69, 9.17) is 0 Å². The topological polar surface area (TPSA) is 74.8 Å². The molecule has 3 saturated carbocycles. The number of nitrogens with one attached hydrogen (secondary N) is 2. The molecule has 1 unspecified atom stereocenters. The Morgan fingerprint density at radius 3 is 2.85 bits per heavy atom. The molecular weight excluding hydrogens is 326 g/mol. The maximum atomic E-state index is 12.4. The number of fused-ring (bicyclic) bond motifs is 3. The van der Waals surface area contributed by atoms with E-state index in [0.29, 0.717) is 46.8 Å². The third-order valence-electron chi connectivity index (χ3n) is 6.47. The van der Waals surface area contributed by atoms with Crippen molar-refractivity contribution in [2.24, 2.45) is 17.3 Å². The van der Waals surface area contributed by atoms with E-state index in [2.05, 4.69) is 35.7 Å². The van der Waals surface area contributed by atoms with Gasteiger partial charge in [-0.25, -0.2) is 4.98 Å². The Labute approximate surface area is 152 Å². The van der Waals surface area contributed by atoms with E-state index < -0.39 is 0 Å². The van der Waals surface area contributed by atoms with Crippen molar-refractivity contribution in [2.75, 3.05) is 0 Å². The zero-order valence-corrected chi connectivity index (χ0v) is 15.3. The van der Waals surface area contributed by atoms with Gasteiger partial charge in [-0.2, -0.15) is 0 Å². The first-order valence-corrected chi connectivity index (χ1v) is 9.32. The lowest BCUT2D eigenvalue weighted by Gasteiger charge is -2.60. The zero-order valence-electron chi connectivity index (χ0n) is 15.3. The molecule has 5 rings (SSSR count). The van der Waals surface area contributed by atoms with Crippen LogP contribution in [0.4, 0.5) is 0 Å². The van der Waals surface area contributed by atoms with E-state index in [0.717, 1.165) is 6.42 Å². The Bertz CT molecular complexity index is 944. The van der Waals surface area contributed by atoms with Crippen molar-refractivity contribution in [1.82, 2.24) is 15.3 Å². The van der Waals surface area contributed by atoms with Gasteiger partial charge < -0.3 is 10.3 Å². The molecule has 0 saturated heterocycles. The molecule has 3 aliphatic carbocycles. The van der Waals surface area contributed by atoms with Crippen molar-refractivity contribution in [3.05, 3.63) is 52.6 Å². The van der Waals surface area contributed by atoms with Crippen LogP contribution in [0.25, 0.3) is 10.9 Å². The first-order valence-electron chi connectivity index (χ1n) is 9.32. The summed E-state index contributed by atoms with van der Waals surface area (Å²) in [5.74, 6) is 1.73. The van der Waals surface area contributed by atoms with Gasteiger partial charge >= 0.3 is 0 Å². The van der Waals surface area contributed by atoms with Gasteiger partial charge in [-0.1, -0.05) is 38.1 Å². The molecule has 3 fully saturated rings. The zero-order chi connectivity index (χ0) is 18.5. The number of rotatable bonds is 4. The normalized spacial score (nSPS) is 26.4. The quantitative estimate of drug-likeness (QED) is 0.832. The number of nitrogens with zero attached hydrogens (tertiary/aromatic N) is 1. The second kappa shape index (κ2) is 6.08. The minimum Gasteiger partial charge on any atom is -0.350 e. The van der Waals surface area contributed by atoms with Gasteiger partial charge in [-0.05, 0) is 42.2 Å². The molecule has 3 aliphatic rings. The highest BCUT2D eigenvalue weighted by Crippen LogP contribution is 2.60. The van der Waals surface area contributed by atoms with E-state index in [1.54, 1.807) is 6.07 Å². The number of hydrogen-bond acceptors (Lipinski definition) is 3. The summed E-state index contributed by atoms with van der Waals surface area (Å²) in [6.07, 6.45) is 2.92. The average molecular weight is 351 g/mol. The fourth-order valence-electron chi connectivity index (χ4n) is 4.63. The van der Waals surface area contributed by atoms with E-state index in [1.165, 1.54) is 12.0 Å². The van der Waals surface area contributed by atoms with E-state index in [-0.39, 0.29) is 17.5 Å². The van der Waals surface area contributed by atoms with E-state index in [1.807, 2.05) is 18.2 Å². The lowest BCUT2D eigenvalue weighted by Crippen LogP contribution is -2.57. The molecule has 136 valence electrons. The number of aromatic amines is 1. The Morgan fingerprint density at radius 2 is 2.12 bits per heavy atom. The van der Waals surface area contributed by atoms with Crippen LogP contribution in [0.3, 0.4) is 0 Å². The van der Waals surface area contributed by atoms with Gasteiger partial charge in [0.15, 0.2) is 0 Å². The molecule has 2 bridgehead atoms. The largest absolute Gasteiger partial charge is 0.350 e. The lowest BCUT2D eigenvalue weighted by molar-refractivity contribution is -0.123. The van der Waals surface area contributed by atoms with Crippen LogP contribution in [0, 0.1) is 17.3 Å². The van der Waals surface area contributed by atoms with Crippen molar-refractivity contribution in [3.63, 3.8) is 0 Å². The highest BCUT2D eigenvalue weighted by molar-refractivity contribution is 5.78. The average Bonchev–Trinajstić information content (AvgIpc) is 2.61. The van der Waals surface area contributed by atoms with Gasteiger partial charge in [0.05, 0.1) is 16.9 Å². The number of aromatic nitrogens is 2. The molecule has 1 heterocycles. The maximum Gasteiger partial charge on any atom is 0.258 e. The van der Waals surface area contributed by atoms with Crippen molar-refractivity contribution in [2.45, 2.75) is 45.6 Å². The van der Waals surface area contributed by atoms with E-state index >= 15 is 0 Å². The molecule has 0 aliphatic heterocycles. The number of carbonyl (C=O) groups excluding carboxylic acids is 1. The highest BCUT2D eigenvalue weighted by atomic mass is 16.1. The molecule has 0 radical (unpaired) electrons. The molecule has 26 heavy (non-hydrogen) atoms. The predicted molar refractivity (Wildman–Crippen MR) is 102 cm³/mol.